The summed E-state index contributed by atoms with van der Waals surface area (Å²) in [4.78, 5) is 52.9. The molecule has 0 aliphatic carbocycles. The van der Waals surface area contributed by atoms with Crippen LogP contribution in [0.4, 0.5) is 5.82 Å². The number of nitrogens with zero attached hydrogens (tertiary/aromatic N) is 2. The van der Waals surface area contributed by atoms with Gasteiger partial charge in [0.1, 0.15) is 5.82 Å². The summed E-state index contributed by atoms with van der Waals surface area (Å²) in [5.74, 6) is -2.51. The highest BCUT2D eigenvalue weighted by Gasteiger charge is 2.31. The number of imide groups is 1. The van der Waals surface area contributed by atoms with E-state index in [-0.39, 0.29) is 22.5 Å². The molecule has 2 aromatic carbocycles. The van der Waals surface area contributed by atoms with Crippen molar-refractivity contribution in [2.45, 2.75) is 6.92 Å². The molecule has 2 amide bonds. The fourth-order valence-corrected chi connectivity index (χ4v) is 3.99. The number of nitrogen functional groups attached to an aromatic ring is 1. The van der Waals surface area contributed by atoms with Crippen LogP contribution in [0.25, 0.3) is 27.8 Å². The van der Waals surface area contributed by atoms with E-state index >= 15 is 0 Å². The number of anilines is 1. The standard InChI is InChI=1S/C24H16N4O5/c1-11-2-7-17-14(8-11)15(24(32)33)9-18(26-17)12-3-5-13(6-4-12)28-19(29)10-16-20(21(28)25)23(31)27-22(16)30/h2-10H,25H2,1H3,(H,32,33)(H,27,30,31). The summed E-state index contributed by atoms with van der Waals surface area (Å²) in [6.45, 7) is 1.88. The van der Waals surface area contributed by atoms with Crippen molar-refractivity contribution in [3.8, 4) is 16.9 Å². The van der Waals surface area contributed by atoms with Crippen LogP contribution in [0.15, 0.2) is 59.4 Å². The van der Waals surface area contributed by atoms with Gasteiger partial charge in [-0.2, -0.15) is 0 Å². The summed E-state index contributed by atoms with van der Waals surface area (Å²) in [6.07, 6.45) is 0. The fourth-order valence-electron chi connectivity index (χ4n) is 3.99. The van der Waals surface area contributed by atoms with Crippen LogP contribution >= 0.6 is 0 Å². The number of rotatable bonds is 3. The Bertz CT molecular complexity index is 1590. The molecule has 162 valence electrons. The van der Waals surface area contributed by atoms with Crippen molar-refractivity contribution in [2.24, 2.45) is 0 Å². The van der Waals surface area contributed by atoms with E-state index in [9.17, 15) is 24.3 Å². The Hall–Kier alpha value is -4.79. The molecular formula is C24H16N4O5. The molecule has 0 fully saturated rings. The van der Waals surface area contributed by atoms with E-state index in [1.165, 1.54) is 6.07 Å². The van der Waals surface area contributed by atoms with Crippen molar-refractivity contribution in [1.82, 2.24) is 14.9 Å². The lowest BCUT2D eigenvalue weighted by Crippen LogP contribution is -2.24. The topological polar surface area (TPSA) is 144 Å². The molecule has 0 saturated heterocycles. The molecule has 0 spiro atoms. The largest absolute Gasteiger partial charge is 0.478 e. The van der Waals surface area contributed by atoms with Gasteiger partial charge < -0.3 is 10.8 Å². The molecule has 0 unspecified atom stereocenters. The third-order valence-corrected chi connectivity index (χ3v) is 5.57. The van der Waals surface area contributed by atoms with Gasteiger partial charge in [0.2, 0.25) is 0 Å². The number of nitrogens with two attached hydrogens (primary N) is 1. The Morgan fingerprint density at radius 1 is 1.00 bits per heavy atom. The zero-order valence-corrected chi connectivity index (χ0v) is 17.2. The minimum absolute atomic E-state index is 0.0405. The third-order valence-electron chi connectivity index (χ3n) is 5.57. The fraction of sp³-hybridized carbons (Fsp3) is 0.0417. The monoisotopic (exact) mass is 440 g/mol. The molecule has 0 atom stereocenters. The van der Waals surface area contributed by atoms with E-state index < -0.39 is 23.3 Å². The highest BCUT2D eigenvalue weighted by atomic mass is 16.4. The van der Waals surface area contributed by atoms with Crippen LogP contribution in [0.5, 0.6) is 0 Å². The number of fused-ring (bicyclic) bond motifs is 2. The Morgan fingerprint density at radius 3 is 2.42 bits per heavy atom. The summed E-state index contributed by atoms with van der Waals surface area (Å²) >= 11 is 0. The average molecular weight is 440 g/mol. The number of pyridine rings is 2. The molecule has 4 N–H and O–H groups in total. The third kappa shape index (κ3) is 3.14. The first-order chi connectivity index (χ1) is 15.7. The first-order valence-electron chi connectivity index (χ1n) is 9.91. The normalized spacial score (nSPS) is 12.6. The lowest BCUT2D eigenvalue weighted by atomic mass is 10.0. The Labute approximate surface area is 186 Å². The maximum absolute atomic E-state index is 12.6. The molecule has 9 nitrogen and oxygen atoms in total. The first kappa shape index (κ1) is 20.1. The van der Waals surface area contributed by atoms with E-state index in [1.807, 2.05) is 13.0 Å². The molecule has 1 aliphatic heterocycles. The second-order valence-electron chi connectivity index (χ2n) is 7.70. The predicted molar refractivity (Wildman–Crippen MR) is 121 cm³/mol. The molecule has 33 heavy (non-hydrogen) atoms. The van der Waals surface area contributed by atoms with Crippen LogP contribution in [0.1, 0.15) is 36.6 Å². The highest BCUT2D eigenvalue weighted by molar-refractivity contribution is 6.23. The summed E-state index contributed by atoms with van der Waals surface area (Å²) in [6, 6.07) is 14.6. The molecule has 0 radical (unpaired) electrons. The first-order valence-corrected chi connectivity index (χ1v) is 9.91. The Balaban J connectivity index is 1.62. The second kappa shape index (κ2) is 7.13. The van der Waals surface area contributed by atoms with Crippen LogP contribution in [0.3, 0.4) is 0 Å². The van der Waals surface area contributed by atoms with Gasteiger partial charge in [0.05, 0.1) is 33.6 Å². The molecular weight excluding hydrogens is 424 g/mol. The van der Waals surface area contributed by atoms with Gasteiger partial charge in [-0.25, -0.2) is 9.78 Å². The Kier molecular flexibility index (Phi) is 4.35. The lowest BCUT2D eigenvalue weighted by molar-refractivity contribution is 0.0698. The van der Waals surface area contributed by atoms with E-state index in [0.29, 0.717) is 27.8 Å². The summed E-state index contributed by atoms with van der Waals surface area (Å²) in [5, 5.41) is 12.4. The van der Waals surface area contributed by atoms with Crippen LogP contribution in [0.2, 0.25) is 0 Å². The average Bonchev–Trinajstić information content (AvgIpc) is 3.06. The highest BCUT2D eigenvalue weighted by Crippen LogP contribution is 2.28. The SMILES string of the molecule is Cc1ccc2nc(-c3ccc(-n4c(N)c5c(cc4=O)C(=O)NC5=O)cc3)cc(C(=O)O)c2c1. The van der Waals surface area contributed by atoms with E-state index in [1.54, 1.807) is 36.4 Å². The van der Waals surface area contributed by atoms with Gasteiger partial charge in [-0.05, 0) is 37.3 Å². The van der Waals surface area contributed by atoms with Gasteiger partial charge in [-0.3, -0.25) is 24.3 Å². The van der Waals surface area contributed by atoms with Gasteiger partial charge >= 0.3 is 5.97 Å². The minimum Gasteiger partial charge on any atom is -0.478 e. The number of carbonyl (C=O) groups excluding carboxylic acids is 2. The smallest absolute Gasteiger partial charge is 0.336 e. The number of carbonyl (C=O) groups is 3. The van der Waals surface area contributed by atoms with Gasteiger partial charge in [0.15, 0.2) is 0 Å². The second-order valence-corrected chi connectivity index (χ2v) is 7.70. The van der Waals surface area contributed by atoms with Gasteiger partial charge in [0.25, 0.3) is 17.4 Å². The number of aryl methyl sites for hydroxylation is 1. The number of carboxylic acid groups (broad SMARTS) is 1. The van der Waals surface area contributed by atoms with Crippen molar-refractivity contribution in [3.05, 3.63) is 87.2 Å². The molecule has 3 heterocycles. The molecule has 1 aliphatic rings. The molecule has 5 rings (SSSR count). The molecule has 2 aromatic heterocycles. The van der Waals surface area contributed by atoms with Crippen molar-refractivity contribution in [1.29, 1.82) is 0 Å². The number of carboxylic acids is 1. The van der Waals surface area contributed by atoms with Gasteiger partial charge in [0, 0.05) is 17.0 Å². The van der Waals surface area contributed by atoms with Crippen molar-refractivity contribution in [3.63, 3.8) is 0 Å². The molecule has 4 aromatic rings. The molecule has 0 saturated carbocycles. The quantitative estimate of drug-likeness (QED) is 0.415. The summed E-state index contributed by atoms with van der Waals surface area (Å²) in [7, 11) is 0. The van der Waals surface area contributed by atoms with E-state index in [4.69, 9.17) is 5.73 Å². The minimum atomic E-state index is -1.06. The predicted octanol–water partition coefficient (Wildman–Crippen LogP) is 2.53. The van der Waals surface area contributed by atoms with Gasteiger partial charge in [-0.1, -0.05) is 23.8 Å². The number of hydrogen-bond acceptors (Lipinski definition) is 6. The molecule has 0 bridgehead atoms. The van der Waals surface area contributed by atoms with Crippen LogP contribution < -0.4 is 16.6 Å². The summed E-state index contributed by atoms with van der Waals surface area (Å²) < 4.78 is 1.14. The zero-order chi connectivity index (χ0) is 23.4. The van der Waals surface area contributed by atoms with Crippen molar-refractivity contribution >= 4 is 34.5 Å². The zero-order valence-electron chi connectivity index (χ0n) is 17.2. The Morgan fingerprint density at radius 2 is 1.73 bits per heavy atom. The number of benzene rings is 2. The number of hydrogen-bond donors (Lipinski definition) is 3. The number of amides is 2. The van der Waals surface area contributed by atoms with Crippen LogP contribution in [-0.4, -0.2) is 32.4 Å². The van der Waals surface area contributed by atoms with Crippen LogP contribution in [0, 0.1) is 6.92 Å². The maximum atomic E-state index is 12.6. The van der Waals surface area contributed by atoms with Gasteiger partial charge in [-0.15, -0.1) is 0 Å². The maximum Gasteiger partial charge on any atom is 0.336 e. The van der Waals surface area contributed by atoms with E-state index in [2.05, 4.69) is 10.3 Å². The van der Waals surface area contributed by atoms with E-state index in [0.717, 1.165) is 16.2 Å². The number of aromatic nitrogens is 2. The van der Waals surface area contributed by atoms with Crippen LogP contribution in [-0.2, 0) is 0 Å². The summed E-state index contributed by atoms with van der Waals surface area (Å²) in [5.41, 5.74) is 8.50. The molecule has 9 heteroatoms. The lowest BCUT2D eigenvalue weighted by Gasteiger charge is -2.13. The number of aromatic carboxylic acids is 1. The van der Waals surface area contributed by atoms with Crippen molar-refractivity contribution in [2.75, 3.05) is 5.73 Å². The number of nitrogens with one attached hydrogen (secondary N) is 1. The van der Waals surface area contributed by atoms with Crippen molar-refractivity contribution < 1.29 is 19.5 Å².